The lowest BCUT2D eigenvalue weighted by molar-refractivity contribution is -0.136. The highest BCUT2D eigenvalue weighted by molar-refractivity contribution is 5.92. The molecule has 0 aliphatic heterocycles. The van der Waals surface area contributed by atoms with E-state index in [-0.39, 0.29) is 11.3 Å². The number of rotatable bonds is 6. The lowest BCUT2D eigenvalue weighted by Gasteiger charge is -2.19. The summed E-state index contributed by atoms with van der Waals surface area (Å²) in [7, 11) is 4.29. The van der Waals surface area contributed by atoms with Gasteiger partial charge < -0.3 is 14.4 Å². The van der Waals surface area contributed by atoms with Crippen LogP contribution in [0.15, 0.2) is 48.6 Å². The molecule has 2 aromatic rings. The molecule has 0 aliphatic rings. The van der Waals surface area contributed by atoms with Gasteiger partial charge in [0.2, 0.25) is 0 Å². The van der Waals surface area contributed by atoms with E-state index in [1.54, 1.807) is 25.2 Å². The molecule has 6 nitrogen and oxygen atoms in total. The van der Waals surface area contributed by atoms with Crippen molar-refractivity contribution in [1.29, 1.82) is 0 Å². The SMILES string of the molecule is COC=C(C(=O)OC)N(C)c1cc(-c2ccc(C(F)F)cc2)ncn1. The molecule has 0 saturated carbocycles. The first kappa shape index (κ1) is 18.3. The molecule has 1 heterocycles. The van der Waals surface area contributed by atoms with Gasteiger partial charge in [0, 0.05) is 24.2 Å². The summed E-state index contributed by atoms with van der Waals surface area (Å²) in [5.41, 5.74) is 1.25. The third-order valence-corrected chi connectivity index (χ3v) is 3.44. The molecule has 0 fully saturated rings. The number of likely N-dealkylation sites (N-methyl/N-ethyl adjacent to an activating group) is 1. The quantitative estimate of drug-likeness (QED) is 0.453. The van der Waals surface area contributed by atoms with Gasteiger partial charge >= 0.3 is 5.97 Å². The third kappa shape index (κ3) is 4.28. The Hall–Kier alpha value is -3.03. The number of methoxy groups -OCH3 is 2. The minimum absolute atomic E-state index is 0.0637. The Morgan fingerprint density at radius 3 is 2.44 bits per heavy atom. The number of alkyl halides is 2. The topological polar surface area (TPSA) is 64.6 Å². The maximum absolute atomic E-state index is 12.6. The molecular weight excluding hydrogens is 332 g/mol. The van der Waals surface area contributed by atoms with Crippen LogP contribution in [0.3, 0.4) is 0 Å². The zero-order valence-electron chi connectivity index (χ0n) is 13.9. The van der Waals surface area contributed by atoms with Crippen molar-refractivity contribution in [3.63, 3.8) is 0 Å². The highest BCUT2D eigenvalue weighted by atomic mass is 19.3. The van der Waals surface area contributed by atoms with Crippen molar-refractivity contribution in [1.82, 2.24) is 9.97 Å². The number of hydrogen-bond donors (Lipinski definition) is 0. The average Bonchev–Trinajstić information content (AvgIpc) is 2.65. The summed E-state index contributed by atoms with van der Waals surface area (Å²) < 4.78 is 34.9. The number of carbonyl (C=O) groups is 1. The average molecular weight is 349 g/mol. The minimum atomic E-state index is -2.53. The van der Waals surface area contributed by atoms with Gasteiger partial charge in [-0.05, 0) is 0 Å². The highest BCUT2D eigenvalue weighted by Gasteiger charge is 2.19. The fourth-order valence-corrected chi connectivity index (χ4v) is 2.09. The van der Waals surface area contributed by atoms with Gasteiger partial charge in [0.1, 0.15) is 18.4 Å². The molecule has 0 amide bonds. The van der Waals surface area contributed by atoms with Gasteiger partial charge in [-0.1, -0.05) is 24.3 Å². The van der Waals surface area contributed by atoms with Gasteiger partial charge in [0.05, 0.1) is 19.9 Å². The smallest absolute Gasteiger partial charge is 0.357 e. The van der Waals surface area contributed by atoms with E-state index < -0.39 is 12.4 Å². The summed E-state index contributed by atoms with van der Waals surface area (Å²) in [6.07, 6.45) is 0.0394. The summed E-state index contributed by atoms with van der Waals surface area (Å²) in [5.74, 6) is -0.178. The van der Waals surface area contributed by atoms with Gasteiger partial charge in [0.15, 0.2) is 5.70 Å². The predicted octanol–water partition coefficient (Wildman–Crippen LogP) is 3.18. The van der Waals surface area contributed by atoms with E-state index in [1.165, 1.54) is 43.8 Å². The fraction of sp³-hybridized carbons (Fsp3) is 0.235. The molecule has 2 rings (SSSR count). The number of hydrogen-bond acceptors (Lipinski definition) is 6. The maximum Gasteiger partial charge on any atom is 0.357 e. The largest absolute Gasteiger partial charge is 0.502 e. The van der Waals surface area contributed by atoms with Crippen LogP contribution in [-0.2, 0) is 14.3 Å². The van der Waals surface area contributed by atoms with Crippen LogP contribution in [0.5, 0.6) is 0 Å². The molecule has 0 spiro atoms. The molecule has 132 valence electrons. The minimum Gasteiger partial charge on any atom is -0.502 e. The first-order valence-electron chi connectivity index (χ1n) is 7.23. The summed E-state index contributed by atoms with van der Waals surface area (Å²) in [5, 5.41) is 0. The Labute approximate surface area is 143 Å². The van der Waals surface area contributed by atoms with Crippen LogP contribution in [0, 0.1) is 0 Å². The van der Waals surface area contributed by atoms with E-state index in [9.17, 15) is 13.6 Å². The molecule has 1 aromatic heterocycles. The lowest BCUT2D eigenvalue weighted by atomic mass is 10.1. The lowest BCUT2D eigenvalue weighted by Crippen LogP contribution is -2.25. The molecule has 0 aliphatic carbocycles. The van der Waals surface area contributed by atoms with Crippen LogP contribution < -0.4 is 4.90 Å². The molecule has 0 unspecified atom stereocenters. The number of esters is 1. The second-order valence-corrected chi connectivity index (χ2v) is 4.97. The van der Waals surface area contributed by atoms with Crippen LogP contribution >= 0.6 is 0 Å². The van der Waals surface area contributed by atoms with Gasteiger partial charge in [0.25, 0.3) is 6.43 Å². The van der Waals surface area contributed by atoms with Crippen LogP contribution in [0.25, 0.3) is 11.3 Å². The Balaban J connectivity index is 2.34. The van der Waals surface area contributed by atoms with Crippen molar-refractivity contribution in [3.8, 4) is 11.3 Å². The number of benzene rings is 1. The van der Waals surface area contributed by atoms with Gasteiger partial charge in [-0.3, -0.25) is 0 Å². The number of carbonyl (C=O) groups excluding carboxylic acids is 1. The van der Waals surface area contributed by atoms with E-state index in [4.69, 9.17) is 9.47 Å². The molecule has 0 atom stereocenters. The number of halogens is 2. The molecule has 25 heavy (non-hydrogen) atoms. The Morgan fingerprint density at radius 1 is 1.20 bits per heavy atom. The van der Waals surface area contributed by atoms with Gasteiger partial charge in [-0.15, -0.1) is 0 Å². The number of aromatic nitrogens is 2. The fourth-order valence-electron chi connectivity index (χ4n) is 2.09. The maximum atomic E-state index is 12.6. The van der Waals surface area contributed by atoms with Crippen molar-refractivity contribution in [3.05, 3.63) is 54.2 Å². The molecule has 0 saturated heterocycles. The summed E-state index contributed by atoms with van der Waals surface area (Å²) in [4.78, 5) is 21.6. The third-order valence-electron chi connectivity index (χ3n) is 3.44. The van der Waals surface area contributed by atoms with E-state index in [2.05, 4.69) is 9.97 Å². The summed E-state index contributed by atoms with van der Waals surface area (Å²) >= 11 is 0. The van der Waals surface area contributed by atoms with E-state index >= 15 is 0 Å². The van der Waals surface area contributed by atoms with Crippen molar-refractivity contribution in [2.45, 2.75) is 6.43 Å². The zero-order valence-corrected chi connectivity index (χ0v) is 13.9. The van der Waals surface area contributed by atoms with Crippen molar-refractivity contribution >= 4 is 11.8 Å². The predicted molar refractivity (Wildman–Crippen MR) is 87.9 cm³/mol. The standard InChI is InChI=1S/C17H17F2N3O3/c1-22(14(9-24-2)17(23)25-3)15-8-13(20-10-21-15)11-4-6-12(7-5-11)16(18)19/h4-10,16H,1-3H3. The van der Waals surface area contributed by atoms with E-state index in [1.807, 2.05) is 0 Å². The Kier molecular flexibility index (Phi) is 5.99. The molecule has 1 aromatic carbocycles. The molecule has 0 radical (unpaired) electrons. The van der Waals surface area contributed by atoms with Crippen LogP contribution in [-0.4, -0.2) is 37.2 Å². The second kappa shape index (κ2) is 8.18. The first-order chi connectivity index (χ1) is 12.0. The van der Waals surface area contributed by atoms with E-state index in [0.29, 0.717) is 17.1 Å². The molecule has 0 bridgehead atoms. The number of anilines is 1. The van der Waals surface area contributed by atoms with Gasteiger partial charge in [-0.2, -0.15) is 0 Å². The molecular formula is C17H17F2N3O3. The van der Waals surface area contributed by atoms with E-state index in [0.717, 1.165) is 0 Å². The number of nitrogens with zero attached hydrogens (tertiary/aromatic N) is 3. The van der Waals surface area contributed by atoms with Gasteiger partial charge in [-0.25, -0.2) is 23.5 Å². The Bertz CT molecular complexity index is 764. The zero-order chi connectivity index (χ0) is 18.4. The second-order valence-electron chi connectivity index (χ2n) is 4.97. The highest BCUT2D eigenvalue weighted by Crippen LogP contribution is 2.25. The molecule has 8 heteroatoms. The van der Waals surface area contributed by atoms with Crippen LogP contribution in [0.4, 0.5) is 14.6 Å². The van der Waals surface area contributed by atoms with Crippen molar-refractivity contribution < 1.29 is 23.0 Å². The first-order valence-corrected chi connectivity index (χ1v) is 7.23. The summed E-state index contributed by atoms with van der Waals surface area (Å²) in [6.45, 7) is 0. The van der Waals surface area contributed by atoms with Crippen LogP contribution in [0.2, 0.25) is 0 Å². The monoisotopic (exact) mass is 349 g/mol. The normalized spacial score (nSPS) is 11.4. The Morgan fingerprint density at radius 2 is 1.88 bits per heavy atom. The molecule has 0 N–H and O–H groups in total. The number of ether oxygens (including phenoxy) is 2. The van der Waals surface area contributed by atoms with Crippen LogP contribution in [0.1, 0.15) is 12.0 Å². The summed E-state index contributed by atoms with van der Waals surface area (Å²) in [6, 6.07) is 7.43. The van der Waals surface area contributed by atoms with Crippen molar-refractivity contribution in [2.24, 2.45) is 0 Å². The van der Waals surface area contributed by atoms with Crippen molar-refractivity contribution in [2.75, 3.05) is 26.2 Å².